The van der Waals surface area contributed by atoms with Gasteiger partial charge in [-0.25, -0.2) is 0 Å². The van der Waals surface area contributed by atoms with Gasteiger partial charge in [-0.05, 0) is 23.8 Å². The number of rotatable bonds is 5. The molecule has 2 aromatic rings. The Bertz CT molecular complexity index is 662. The Hall–Kier alpha value is -1.91. The van der Waals surface area contributed by atoms with Crippen molar-refractivity contribution in [3.63, 3.8) is 0 Å². The van der Waals surface area contributed by atoms with Gasteiger partial charge in [-0.2, -0.15) is 0 Å². The number of carboxylic acid groups (broad SMARTS) is 1. The highest BCUT2D eigenvalue weighted by molar-refractivity contribution is 6.42. The summed E-state index contributed by atoms with van der Waals surface area (Å²) in [6, 6.07) is 12.4. The fourth-order valence-electron chi connectivity index (χ4n) is 2.04. The van der Waals surface area contributed by atoms with Crippen LogP contribution in [0.4, 0.5) is 11.4 Å². The lowest BCUT2D eigenvalue weighted by molar-refractivity contribution is -0.135. The largest absolute Gasteiger partial charge is 0.480 e. The Kier molecular flexibility index (Phi) is 4.94. The predicted molar refractivity (Wildman–Crippen MR) is 86.0 cm³/mol. The van der Waals surface area contributed by atoms with Gasteiger partial charge in [-0.1, -0.05) is 47.5 Å². The average molecular weight is 325 g/mol. The van der Waals surface area contributed by atoms with Gasteiger partial charge >= 0.3 is 5.97 Å². The standard InChI is InChI=1S/C15H14Cl2N2O2/c16-11-5-3-4-10(15(11)17)8-19(9-14(20)21)13-7-2-1-6-12(13)18/h1-7H,8-9,18H2,(H,20,21). The molecule has 21 heavy (non-hydrogen) atoms. The first-order valence-corrected chi connectivity index (χ1v) is 6.98. The number of nitrogen functional groups attached to an aromatic ring is 1. The number of carbonyl (C=O) groups is 1. The molecule has 4 nitrogen and oxygen atoms in total. The molecular weight excluding hydrogens is 311 g/mol. The van der Waals surface area contributed by atoms with Crippen LogP contribution in [0.5, 0.6) is 0 Å². The van der Waals surface area contributed by atoms with Crippen molar-refractivity contribution in [2.45, 2.75) is 6.54 Å². The molecule has 0 unspecified atom stereocenters. The molecule has 0 aliphatic carbocycles. The zero-order valence-corrected chi connectivity index (χ0v) is 12.6. The Morgan fingerprint density at radius 1 is 1.14 bits per heavy atom. The molecule has 0 aliphatic heterocycles. The quantitative estimate of drug-likeness (QED) is 0.823. The van der Waals surface area contributed by atoms with E-state index in [-0.39, 0.29) is 6.54 Å². The number of hydrogen-bond donors (Lipinski definition) is 2. The monoisotopic (exact) mass is 324 g/mol. The minimum atomic E-state index is -0.948. The SMILES string of the molecule is Nc1ccccc1N(CC(=O)O)Cc1cccc(Cl)c1Cl. The lowest BCUT2D eigenvalue weighted by atomic mass is 10.1. The van der Waals surface area contributed by atoms with Gasteiger partial charge in [0.15, 0.2) is 0 Å². The second-order valence-corrected chi connectivity index (χ2v) is 5.31. The maximum absolute atomic E-state index is 11.1. The van der Waals surface area contributed by atoms with Crippen LogP contribution in [0, 0.1) is 0 Å². The maximum atomic E-state index is 11.1. The van der Waals surface area contributed by atoms with Crippen molar-refractivity contribution in [3.05, 3.63) is 58.1 Å². The molecule has 0 atom stereocenters. The van der Waals surface area contributed by atoms with Crippen LogP contribution in [0.25, 0.3) is 0 Å². The molecule has 0 bridgehead atoms. The minimum absolute atomic E-state index is 0.183. The zero-order chi connectivity index (χ0) is 15.4. The molecule has 0 fully saturated rings. The van der Waals surface area contributed by atoms with Gasteiger partial charge in [0.2, 0.25) is 0 Å². The Morgan fingerprint density at radius 3 is 2.52 bits per heavy atom. The molecule has 2 aromatic carbocycles. The second-order valence-electron chi connectivity index (χ2n) is 4.52. The van der Waals surface area contributed by atoms with Crippen LogP contribution in [-0.4, -0.2) is 17.6 Å². The van der Waals surface area contributed by atoms with Crippen LogP contribution in [0.1, 0.15) is 5.56 Å². The lowest BCUT2D eigenvalue weighted by Crippen LogP contribution is -2.30. The lowest BCUT2D eigenvalue weighted by Gasteiger charge is -2.25. The maximum Gasteiger partial charge on any atom is 0.323 e. The molecule has 0 heterocycles. The molecule has 0 saturated carbocycles. The first kappa shape index (κ1) is 15.5. The summed E-state index contributed by atoms with van der Waals surface area (Å²) in [5, 5.41) is 9.95. The van der Waals surface area contributed by atoms with Crippen LogP contribution in [-0.2, 0) is 11.3 Å². The van der Waals surface area contributed by atoms with E-state index in [0.29, 0.717) is 28.0 Å². The minimum Gasteiger partial charge on any atom is -0.480 e. The summed E-state index contributed by atoms with van der Waals surface area (Å²) in [5.41, 5.74) is 7.83. The Morgan fingerprint density at radius 2 is 1.86 bits per heavy atom. The van der Waals surface area contributed by atoms with Crippen molar-refractivity contribution in [1.82, 2.24) is 0 Å². The van der Waals surface area contributed by atoms with Crippen molar-refractivity contribution in [3.8, 4) is 0 Å². The van der Waals surface area contributed by atoms with Crippen LogP contribution in [0.2, 0.25) is 10.0 Å². The van der Waals surface area contributed by atoms with E-state index in [4.69, 9.17) is 34.0 Å². The van der Waals surface area contributed by atoms with Crippen LogP contribution >= 0.6 is 23.2 Å². The summed E-state index contributed by atoms with van der Waals surface area (Å²) in [5.74, 6) is -0.948. The number of anilines is 2. The predicted octanol–water partition coefficient (Wildman–Crippen LogP) is 3.67. The van der Waals surface area contributed by atoms with E-state index in [9.17, 15) is 4.79 Å². The zero-order valence-electron chi connectivity index (χ0n) is 11.1. The van der Waals surface area contributed by atoms with Crippen molar-refractivity contribution in [2.75, 3.05) is 17.2 Å². The van der Waals surface area contributed by atoms with Gasteiger partial charge in [0.25, 0.3) is 0 Å². The summed E-state index contributed by atoms with van der Waals surface area (Å²) in [7, 11) is 0. The third-order valence-electron chi connectivity index (χ3n) is 3.00. The van der Waals surface area contributed by atoms with Crippen molar-refractivity contribution >= 4 is 40.5 Å². The molecule has 0 saturated heterocycles. The van der Waals surface area contributed by atoms with E-state index < -0.39 is 5.97 Å². The van der Waals surface area contributed by atoms with Gasteiger partial charge < -0.3 is 15.7 Å². The number of carboxylic acids is 1. The van der Waals surface area contributed by atoms with E-state index in [1.54, 1.807) is 41.3 Å². The molecule has 0 aromatic heterocycles. The van der Waals surface area contributed by atoms with E-state index in [2.05, 4.69) is 0 Å². The van der Waals surface area contributed by atoms with E-state index in [1.165, 1.54) is 0 Å². The fraction of sp³-hybridized carbons (Fsp3) is 0.133. The normalized spacial score (nSPS) is 10.4. The Balaban J connectivity index is 2.35. The van der Waals surface area contributed by atoms with E-state index >= 15 is 0 Å². The molecule has 0 amide bonds. The van der Waals surface area contributed by atoms with Crippen molar-refractivity contribution < 1.29 is 9.90 Å². The number of para-hydroxylation sites is 2. The topological polar surface area (TPSA) is 66.6 Å². The van der Waals surface area contributed by atoms with Gasteiger partial charge in [-0.15, -0.1) is 0 Å². The van der Waals surface area contributed by atoms with Crippen molar-refractivity contribution in [2.24, 2.45) is 0 Å². The van der Waals surface area contributed by atoms with E-state index in [1.807, 2.05) is 6.07 Å². The van der Waals surface area contributed by atoms with Gasteiger partial charge in [0.05, 0.1) is 21.4 Å². The van der Waals surface area contributed by atoms with Gasteiger partial charge in [0, 0.05) is 6.54 Å². The summed E-state index contributed by atoms with van der Waals surface area (Å²) in [6.45, 7) is 0.122. The fourth-order valence-corrected chi connectivity index (χ4v) is 2.42. The highest BCUT2D eigenvalue weighted by Gasteiger charge is 2.16. The molecular formula is C15H14Cl2N2O2. The van der Waals surface area contributed by atoms with Crippen LogP contribution in [0.3, 0.4) is 0 Å². The molecule has 2 rings (SSSR count). The number of benzene rings is 2. The highest BCUT2D eigenvalue weighted by Crippen LogP contribution is 2.29. The third kappa shape index (κ3) is 3.80. The van der Waals surface area contributed by atoms with Gasteiger partial charge in [0.1, 0.15) is 6.54 Å². The highest BCUT2D eigenvalue weighted by atomic mass is 35.5. The summed E-state index contributed by atoms with van der Waals surface area (Å²) < 4.78 is 0. The molecule has 0 spiro atoms. The molecule has 3 N–H and O–H groups in total. The molecule has 6 heteroatoms. The van der Waals surface area contributed by atoms with Crippen LogP contribution < -0.4 is 10.6 Å². The Labute approximate surface area is 132 Å². The second kappa shape index (κ2) is 6.70. The third-order valence-corrected chi connectivity index (χ3v) is 3.85. The van der Waals surface area contributed by atoms with E-state index in [0.717, 1.165) is 5.56 Å². The first-order valence-electron chi connectivity index (χ1n) is 6.23. The number of halogens is 2. The number of aliphatic carboxylic acids is 1. The number of nitrogens with zero attached hydrogens (tertiary/aromatic N) is 1. The van der Waals surface area contributed by atoms with Crippen LogP contribution in [0.15, 0.2) is 42.5 Å². The number of nitrogens with two attached hydrogens (primary N) is 1. The number of hydrogen-bond acceptors (Lipinski definition) is 3. The molecule has 0 aliphatic rings. The van der Waals surface area contributed by atoms with Crippen molar-refractivity contribution in [1.29, 1.82) is 0 Å². The summed E-state index contributed by atoms with van der Waals surface area (Å²) in [6.07, 6.45) is 0. The molecule has 110 valence electrons. The van der Waals surface area contributed by atoms with Gasteiger partial charge in [-0.3, -0.25) is 4.79 Å². The first-order chi connectivity index (χ1) is 9.99. The summed E-state index contributed by atoms with van der Waals surface area (Å²) in [4.78, 5) is 12.7. The smallest absolute Gasteiger partial charge is 0.323 e. The molecule has 0 radical (unpaired) electrons. The average Bonchev–Trinajstić information content (AvgIpc) is 2.43. The summed E-state index contributed by atoms with van der Waals surface area (Å²) >= 11 is 12.2.